The van der Waals surface area contributed by atoms with Crippen molar-refractivity contribution in [3.05, 3.63) is 30.1 Å². The number of halogens is 1. The summed E-state index contributed by atoms with van der Waals surface area (Å²) < 4.78 is 13.0. The van der Waals surface area contributed by atoms with Gasteiger partial charge in [-0.15, -0.1) is 0 Å². The average Bonchev–Trinajstić information content (AvgIpc) is 2.83. The smallest absolute Gasteiger partial charge is 0.123 e. The van der Waals surface area contributed by atoms with Crippen LogP contribution in [0.3, 0.4) is 0 Å². The van der Waals surface area contributed by atoms with Crippen molar-refractivity contribution in [2.24, 2.45) is 11.7 Å². The lowest BCUT2D eigenvalue weighted by Gasteiger charge is -2.31. The third-order valence-electron chi connectivity index (χ3n) is 4.60. The van der Waals surface area contributed by atoms with Crippen LogP contribution in [-0.4, -0.2) is 30.3 Å². The fourth-order valence-electron chi connectivity index (χ4n) is 3.24. The van der Waals surface area contributed by atoms with Crippen LogP contribution in [0.2, 0.25) is 0 Å². The zero-order valence-corrected chi connectivity index (χ0v) is 12.2. The van der Waals surface area contributed by atoms with Crippen LogP contribution in [0.1, 0.15) is 32.6 Å². The molecule has 1 aliphatic carbocycles. The standard InChI is InChI=1S/C16H25FN2O/c1-2-19(15-7-5-14(17)6-8-15)11-9-13-4-3-10-16(13,20)12-18/h5-8,13,20H,2-4,9-12,18H2,1H3. The van der Waals surface area contributed by atoms with Gasteiger partial charge >= 0.3 is 0 Å². The van der Waals surface area contributed by atoms with Gasteiger partial charge in [-0.1, -0.05) is 6.42 Å². The zero-order valence-electron chi connectivity index (χ0n) is 12.2. The average molecular weight is 280 g/mol. The van der Waals surface area contributed by atoms with E-state index in [0.29, 0.717) is 6.54 Å². The van der Waals surface area contributed by atoms with Gasteiger partial charge in [0.2, 0.25) is 0 Å². The van der Waals surface area contributed by atoms with Gasteiger partial charge in [-0.05, 0) is 56.4 Å². The molecule has 1 aliphatic rings. The Morgan fingerprint density at radius 2 is 2.10 bits per heavy atom. The van der Waals surface area contributed by atoms with Crippen molar-refractivity contribution in [3.8, 4) is 0 Å². The summed E-state index contributed by atoms with van der Waals surface area (Å²) in [6.07, 6.45) is 3.85. The van der Waals surface area contributed by atoms with E-state index in [-0.39, 0.29) is 11.7 Å². The Kier molecular flexibility index (Phi) is 5.00. The van der Waals surface area contributed by atoms with Crippen LogP contribution in [0.5, 0.6) is 0 Å². The molecule has 1 fully saturated rings. The molecule has 0 radical (unpaired) electrons. The first-order valence-corrected chi connectivity index (χ1v) is 7.52. The van der Waals surface area contributed by atoms with Crippen molar-refractivity contribution >= 4 is 5.69 Å². The highest BCUT2D eigenvalue weighted by atomic mass is 19.1. The Labute approximate surface area is 120 Å². The van der Waals surface area contributed by atoms with Gasteiger partial charge in [-0.25, -0.2) is 4.39 Å². The molecule has 0 saturated heterocycles. The first kappa shape index (κ1) is 15.3. The van der Waals surface area contributed by atoms with Crippen LogP contribution >= 0.6 is 0 Å². The molecular weight excluding hydrogens is 255 g/mol. The predicted octanol–water partition coefficient (Wildman–Crippen LogP) is 2.53. The van der Waals surface area contributed by atoms with E-state index in [0.717, 1.165) is 44.5 Å². The molecule has 4 heteroatoms. The Hall–Kier alpha value is -1.13. The normalized spacial score (nSPS) is 25.9. The van der Waals surface area contributed by atoms with Crippen LogP contribution < -0.4 is 10.6 Å². The zero-order chi connectivity index (χ0) is 14.6. The van der Waals surface area contributed by atoms with Crippen molar-refractivity contribution in [3.63, 3.8) is 0 Å². The van der Waals surface area contributed by atoms with E-state index in [1.807, 2.05) is 12.1 Å². The van der Waals surface area contributed by atoms with E-state index in [1.165, 1.54) is 12.1 Å². The van der Waals surface area contributed by atoms with Crippen molar-refractivity contribution in [2.75, 3.05) is 24.5 Å². The lowest BCUT2D eigenvalue weighted by atomic mass is 9.88. The molecule has 0 aromatic heterocycles. The number of anilines is 1. The van der Waals surface area contributed by atoms with E-state index in [9.17, 15) is 9.50 Å². The molecule has 20 heavy (non-hydrogen) atoms. The number of rotatable bonds is 6. The fourth-order valence-corrected chi connectivity index (χ4v) is 3.24. The quantitative estimate of drug-likeness (QED) is 0.842. The Bertz CT molecular complexity index is 423. The molecule has 1 aromatic carbocycles. The Balaban J connectivity index is 1.96. The van der Waals surface area contributed by atoms with Crippen molar-refractivity contribution < 1.29 is 9.50 Å². The van der Waals surface area contributed by atoms with Gasteiger partial charge in [0.15, 0.2) is 0 Å². The molecule has 0 spiro atoms. The topological polar surface area (TPSA) is 49.5 Å². The summed E-state index contributed by atoms with van der Waals surface area (Å²) >= 11 is 0. The first-order chi connectivity index (χ1) is 9.59. The monoisotopic (exact) mass is 280 g/mol. The Morgan fingerprint density at radius 3 is 2.70 bits per heavy atom. The third-order valence-corrected chi connectivity index (χ3v) is 4.60. The molecule has 0 aliphatic heterocycles. The molecule has 0 amide bonds. The van der Waals surface area contributed by atoms with Gasteiger partial charge in [0.05, 0.1) is 5.60 Å². The number of hydrogen-bond acceptors (Lipinski definition) is 3. The second-order valence-corrected chi connectivity index (χ2v) is 5.74. The van der Waals surface area contributed by atoms with Crippen molar-refractivity contribution in [1.29, 1.82) is 0 Å². The summed E-state index contributed by atoms with van der Waals surface area (Å²) in [5.74, 6) is 0.0695. The maximum absolute atomic E-state index is 13.0. The SMILES string of the molecule is CCN(CCC1CCCC1(O)CN)c1ccc(F)cc1. The highest BCUT2D eigenvalue weighted by Crippen LogP contribution is 2.37. The van der Waals surface area contributed by atoms with Crippen LogP contribution in [0.15, 0.2) is 24.3 Å². The van der Waals surface area contributed by atoms with Crippen LogP contribution in [0.4, 0.5) is 10.1 Å². The molecule has 1 saturated carbocycles. The van der Waals surface area contributed by atoms with E-state index in [1.54, 1.807) is 0 Å². The summed E-state index contributed by atoms with van der Waals surface area (Å²) in [5.41, 5.74) is 6.07. The minimum atomic E-state index is -0.678. The number of aliphatic hydroxyl groups is 1. The van der Waals surface area contributed by atoms with E-state index < -0.39 is 5.60 Å². The maximum Gasteiger partial charge on any atom is 0.123 e. The summed E-state index contributed by atoms with van der Waals surface area (Å²) in [6, 6.07) is 6.60. The minimum absolute atomic E-state index is 0.210. The summed E-state index contributed by atoms with van der Waals surface area (Å²) in [7, 11) is 0. The lowest BCUT2D eigenvalue weighted by molar-refractivity contribution is 0.00888. The van der Waals surface area contributed by atoms with Gasteiger partial charge in [-0.2, -0.15) is 0 Å². The third kappa shape index (κ3) is 3.30. The molecule has 0 heterocycles. The molecule has 3 nitrogen and oxygen atoms in total. The highest BCUT2D eigenvalue weighted by molar-refractivity contribution is 5.46. The number of nitrogens with two attached hydrogens (primary N) is 1. The number of nitrogens with zero attached hydrogens (tertiary/aromatic N) is 1. The first-order valence-electron chi connectivity index (χ1n) is 7.52. The van der Waals surface area contributed by atoms with E-state index >= 15 is 0 Å². The molecule has 2 unspecified atom stereocenters. The summed E-state index contributed by atoms with van der Waals surface area (Å²) in [6.45, 7) is 4.18. The van der Waals surface area contributed by atoms with E-state index in [2.05, 4.69) is 11.8 Å². The summed E-state index contributed by atoms with van der Waals surface area (Å²) in [4.78, 5) is 2.22. The van der Waals surface area contributed by atoms with Crippen LogP contribution in [0.25, 0.3) is 0 Å². The van der Waals surface area contributed by atoms with Crippen LogP contribution in [0, 0.1) is 11.7 Å². The number of hydrogen-bond donors (Lipinski definition) is 2. The highest BCUT2D eigenvalue weighted by Gasteiger charge is 2.39. The van der Waals surface area contributed by atoms with Crippen molar-refractivity contribution in [2.45, 2.75) is 38.2 Å². The summed E-state index contributed by atoms with van der Waals surface area (Å²) in [5, 5.41) is 10.5. The Morgan fingerprint density at radius 1 is 1.40 bits per heavy atom. The molecule has 2 rings (SSSR count). The largest absolute Gasteiger partial charge is 0.388 e. The number of benzene rings is 1. The predicted molar refractivity (Wildman–Crippen MR) is 80.2 cm³/mol. The second-order valence-electron chi connectivity index (χ2n) is 5.74. The second kappa shape index (κ2) is 6.55. The molecule has 1 aromatic rings. The van der Waals surface area contributed by atoms with E-state index in [4.69, 9.17) is 5.73 Å². The molecule has 0 bridgehead atoms. The van der Waals surface area contributed by atoms with Crippen molar-refractivity contribution in [1.82, 2.24) is 0 Å². The molecular formula is C16H25FN2O. The van der Waals surface area contributed by atoms with Gasteiger partial charge in [0.25, 0.3) is 0 Å². The maximum atomic E-state index is 13.0. The molecule has 2 atom stereocenters. The molecule has 3 N–H and O–H groups in total. The fraction of sp³-hybridized carbons (Fsp3) is 0.625. The van der Waals surface area contributed by atoms with Gasteiger partial charge in [-0.3, -0.25) is 0 Å². The van der Waals surface area contributed by atoms with Crippen LogP contribution in [-0.2, 0) is 0 Å². The van der Waals surface area contributed by atoms with Gasteiger partial charge in [0, 0.05) is 25.3 Å². The van der Waals surface area contributed by atoms with Gasteiger partial charge < -0.3 is 15.7 Å². The van der Waals surface area contributed by atoms with Gasteiger partial charge in [0.1, 0.15) is 5.82 Å². The lowest BCUT2D eigenvalue weighted by Crippen LogP contribution is -2.42. The minimum Gasteiger partial charge on any atom is -0.388 e. The molecule has 112 valence electrons.